The lowest BCUT2D eigenvalue weighted by molar-refractivity contribution is -0.132. The molecule has 3 N–H and O–H groups in total. The van der Waals surface area contributed by atoms with Crippen molar-refractivity contribution >= 4 is 5.91 Å². The van der Waals surface area contributed by atoms with Gasteiger partial charge < -0.3 is 15.8 Å². The second-order valence-corrected chi connectivity index (χ2v) is 4.22. The highest BCUT2D eigenvalue weighted by Gasteiger charge is 2.22. The highest BCUT2D eigenvalue weighted by Crippen LogP contribution is 2.16. The smallest absolute Gasteiger partial charge is 0.249 e. The quantitative estimate of drug-likeness (QED) is 0.727. The number of nitrogens with one attached hydrogen (secondary N) is 1. The summed E-state index contributed by atoms with van der Waals surface area (Å²) in [6.07, 6.45) is 3.66. The van der Waals surface area contributed by atoms with Crippen LogP contribution in [0.5, 0.6) is 0 Å². The molecule has 0 bridgehead atoms. The molecular weight excluding hydrogens is 192 g/mol. The molecule has 1 saturated carbocycles. The first kappa shape index (κ1) is 12.5. The van der Waals surface area contributed by atoms with Crippen LogP contribution in [0.2, 0.25) is 0 Å². The highest BCUT2D eigenvalue weighted by atomic mass is 16.5. The fourth-order valence-corrected chi connectivity index (χ4v) is 1.91. The Morgan fingerprint density at radius 1 is 1.47 bits per heavy atom. The first-order valence-corrected chi connectivity index (χ1v) is 5.81. The number of nitrogens with two attached hydrogens (primary N) is 1. The van der Waals surface area contributed by atoms with Gasteiger partial charge in [0.05, 0.1) is 0 Å². The summed E-state index contributed by atoms with van der Waals surface area (Å²) < 4.78 is 5.23. The Labute approximate surface area is 91.5 Å². The second kappa shape index (κ2) is 6.08. The molecule has 88 valence electrons. The SMILES string of the molecule is CCOC(C)C(=O)NC1CCC(N)CC1. The van der Waals surface area contributed by atoms with E-state index in [0.29, 0.717) is 18.7 Å². The normalized spacial score (nSPS) is 28.5. The molecule has 0 aromatic rings. The summed E-state index contributed by atoms with van der Waals surface area (Å²) in [6, 6.07) is 0.614. The van der Waals surface area contributed by atoms with Gasteiger partial charge in [0, 0.05) is 18.7 Å². The molecule has 4 nitrogen and oxygen atoms in total. The highest BCUT2D eigenvalue weighted by molar-refractivity contribution is 5.80. The molecule has 0 aromatic carbocycles. The van der Waals surface area contributed by atoms with Crippen LogP contribution in [0, 0.1) is 0 Å². The Balaban J connectivity index is 2.25. The van der Waals surface area contributed by atoms with Gasteiger partial charge in [0.1, 0.15) is 6.10 Å². The van der Waals surface area contributed by atoms with Gasteiger partial charge in [0.2, 0.25) is 5.91 Å². The van der Waals surface area contributed by atoms with Crippen LogP contribution < -0.4 is 11.1 Å². The molecule has 0 aliphatic heterocycles. The Morgan fingerprint density at radius 3 is 2.60 bits per heavy atom. The van der Waals surface area contributed by atoms with E-state index < -0.39 is 0 Å². The van der Waals surface area contributed by atoms with Gasteiger partial charge in [-0.1, -0.05) is 0 Å². The van der Waals surface area contributed by atoms with Gasteiger partial charge in [-0.2, -0.15) is 0 Å². The van der Waals surface area contributed by atoms with Gasteiger partial charge in [-0.05, 0) is 39.5 Å². The monoisotopic (exact) mass is 214 g/mol. The largest absolute Gasteiger partial charge is 0.369 e. The van der Waals surface area contributed by atoms with E-state index in [9.17, 15) is 4.79 Å². The maximum absolute atomic E-state index is 11.6. The molecular formula is C11H22N2O2. The van der Waals surface area contributed by atoms with Crippen LogP contribution in [0.3, 0.4) is 0 Å². The van der Waals surface area contributed by atoms with E-state index >= 15 is 0 Å². The van der Waals surface area contributed by atoms with Crippen LogP contribution in [0.15, 0.2) is 0 Å². The third-order valence-electron chi connectivity index (χ3n) is 2.90. The molecule has 1 aliphatic carbocycles. The fourth-order valence-electron chi connectivity index (χ4n) is 1.91. The summed E-state index contributed by atoms with van der Waals surface area (Å²) in [5, 5.41) is 3.00. The molecule has 15 heavy (non-hydrogen) atoms. The van der Waals surface area contributed by atoms with E-state index in [0.717, 1.165) is 25.7 Å². The number of rotatable bonds is 4. The summed E-state index contributed by atoms with van der Waals surface area (Å²) in [6.45, 7) is 4.25. The molecule has 1 unspecified atom stereocenters. The van der Waals surface area contributed by atoms with Crippen molar-refractivity contribution in [2.45, 2.75) is 57.7 Å². The summed E-state index contributed by atoms with van der Waals surface area (Å²) >= 11 is 0. The molecule has 0 radical (unpaired) electrons. The summed E-state index contributed by atoms with van der Waals surface area (Å²) in [5.74, 6) is -0.00248. The zero-order valence-electron chi connectivity index (χ0n) is 9.66. The first-order chi connectivity index (χ1) is 7.13. The van der Waals surface area contributed by atoms with Crippen LogP contribution >= 0.6 is 0 Å². The van der Waals surface area contributed by atoms with Crippen molar-refractivity contribution in [3.05, 3.63) is 0 Å². The number of hydrogen-bond donors (Lipinski definition) is 2. The number of hydrogen-bond acceptors (Lipinski definition) is 3. The lowest BCUT2D eigenvalue weighted by Gasteiger charge is -2.27. The Kier molecular flexibility index (Phi) is 5.05. The van der Waals surface area contributed by atoms with Crippen LogP contribution in [-0.2, 0) is 9.53 Å². The zero-order chi connectivity index (χ0) is 11.3. The molecule has 1 amide bonds. The van der Waals surface area contributed by atoms with Crippen molar-refractivity contribution in [2.24, 2.45) is 5.73 Å². The maximum atomic E-state index is 11.6. The van der Waals surface area contributed by atoms with Crippen molar-refractivity contribution in [1.82, 2.24) is 5.32 Å². The Hall–Kier alpha value is -0.610. The van der Waals surface area contributed by atoms with E-state index in [4.69, 9.17) is 10.5 Å². The van der Waals surface area contributed by atoms with Gasteiger partial charge in [-0.15, -0.1) is 0 Å². The van der Waals surface area contributed by atoms with Crippen LogP contribution in [-0.4, -0.2) is 30.7 Å². The average Bonchev–Trinajstić information content (AvgIpc) is 2.22. The van der Waals surface area contributed by atoms with E-state index in [1.807, 2.05) is 6.92 Å². The second-order valence-electron chi connectivity index (χ2n) is 4.22. The average molecular weight is 214 g/mol. The van der Waals surface area contributed by atoms with Gasteiger partial charge in [-0.3, -0.25) is 4.79 Å². The molecule has 0 saturated heterocycles. The fraction of sp³-hybridized carbons (Fsp3) is 0.909. The topological polar surface area (TPSA) is 64.3 Å². The first-order valence-electron chi connectivity index (χ1n) is 5.81. The Morgan fingerprint density at radius 2 is 2.07 bits per heavy atom. The van der Waals surface area contributed by atoms with Crippen molar-refractivity contribution in [3.8, 4) is 0 Å². The van der Waals surface area contributed by atoms with E-state index in [2.05, 4.69) is 5.32 Å². The lowest BCUT2D eigenvalue weighted by atomic mass is 9.92. The van der Waals surface area contributed by atoms with E-state index in [1.165, 1.54) is 0 Å². The van der Waals surface area contributed by atoms with Crippen molar-refractivity contribution < 1.29 is 9.53 Å². The standard InChI is InChI=1S/C11H22N2O2/c1-3-15-8(2)11(14)13-10-6-4-9(12)5-7-10/h8-10H,3-7,12H2,1-2H3,(H,13,14). The van der Waals surface area contributed by atoms with E-state index in [-0.39, 0.29) is 12.0 Å². The maximum Gasteiger partial charge on any atom is 0.249 e. The minimum Gasteiger partial charge on any atom is -0.369 e. The number of carbonyl (C=O) groups is 1. The van der Waals surface area contributed by atoms with Crippen LogP contribution in [0.25, 0.3) is 0 Å². The summed E-state index contributed by atoms with van der Waals surface area (Å²) in [5.41, 5.74) is 5.80. The molecule has 0 spiro atoms. The van der Waals surface area contributed by atoms with Gasteiger partial charge in [-0.25, -0.2) is 0 Å². The predicted molar refractivity (Wildman–Crippen MR) is 59.5 cm³/mol. The van der Waals surface area contributed by atoms with Crippen LogP contribution in [0.4, 0.5) is 0 Å². The minimum atomic E-state index is -0.342. The van der Waals surface area contributed by atoms with Crippen molar-refractivity contribution in [1.29, 1.82) is 0 Å². The summed E-state index contributed by atoms with van der Waals surface area (Å²) in [7, 11) is 0. The molecule has 1 aliphatic rings. The third kappa shape index (κ3) is 4.18. The Bertz CT molecular complexity index is 201. The van der Waals surface area contributed by atoms with Gasteiger partial charge >= 0.3 is 0 Å². The van der Waals surface area contributed by atoms with E-state index in [1.54, 1.807) is 6.92 Å². The number of carbonyl (C=O) groups excluding carboxylic acids is 1. The number of ether oxygens (including phenoxy) is 1. The van der Waals surface area contributed by atoms with Crippen LogP contribution in [0.1, 0.15) is 39.5 Å². The molecule has 4 heteroatoms. The zero-order valence-corrected chi connectivity index (χ0v) is 9.66. The van der Waals surface area contributed by atoms with Gasteiger partial charge in [0.25, 0.3) is 0 Å². The van der Waals surface area contributed by atoms with Gasteiger partial charge in [0.15, 0.2) is 0 Å². The third-order valence-corrected chi connectivity index (χ3v) is 2.90. The minimum absolute atomic E-state index is 0.00248. The molecule has 1 atom stereocenters. The van der Waals surface area contributed by atoms with Crippen molar-refractivity contribution in [3.63, 3.8) is 0 Å². The summed E-state index contributed by atoms with van der Waals surface area (Å²) in [4.78, 5) is 11.6. The molecule has 1 rings (SSSR count). The molecule has 0 aromatic heterocycles. The predicted octanol–water partition coefficient (Wildman–Crippen LogP) is 0.797. The molecule has 0 heterocycles. The number of amides is 1. The lowest BCUT2D eigenvalue weighted by Crippen LogP contribution is -2.44. The van der Waals surface area contributed by atoms with Crippen molar-refractivity contribution in [2.75, 3.05) is 6.61 Å². The molecule has 1 fully saturated rings.